The average Bonchev–Trinajstić information content (AvgIpc) is 2.58. The molecule has 0 heterocycles. The van der Waals surface area contributed by atoms with Crippen LogP contribution in [0.4, 0.5) is 5.69 Å². The maximum atomic E-state index is 12.0. The normalized spacial score (nSPS) is 10.3. The zero-order valence-corrected chi connectivity index (χ0v) is 15.3. The molecule has 0 spiro atoms. The molecule has 0 unspecified atom stereocenters. The first-order chi connectivity index (χ1) is 11.5. The Kier molecular flexibility index (Phi) is 6.97. The van der Waals surface area contributed by atoms with Crippen LogP contribution in [-0.2, 0) is 10.5 Å². The predicted molar refractivity (Wildman–Crippen MR) is 101 cm³/mol. The second-order valence-electron chi connectivity index (χ2n) is 4.94. The largest absolute Gasteiger partial charge is 0.355 e. The third kappa shape index (κ3) is 5.44. The van der Waals surface area contributed by atoms with Crippen LogP contribution in [0.15, 0.2) is 42.5 Å². The Hall–Kier alpha value is -1.69. The van der Waals surface area contributed by atoms with E-state index >= 15 is 0 Å². The number of hydrogen-bond acceptors (Lipinski definition) is 3. The summed E-state index contributed by atoms with van der Waals surface area (Å²) >= 11 is 13.4. The molecule has 7 heteroatoms. The molecule has 2 N–H and O–H groups in total. The quantitative estimate of drug-likeness (QED) is 0.785. The molecule has 2 rings (SSSR count). The molecule has 0 saturated heterocycles. The maximum Gasteiger partial charge on any atom is 0.251 e. The molecule has 0 bridgehead atoms. The van der Waals surface area contributed by atoms with Gasteiger partial charge in [-0.3, -0.25) is 9.59 Å². The lowest BCUT2D eigenvalue weighted by Gasteiger charge is -2.09. The van der Waals surface area contributed by atoms with E-state index in [0.717, 1.165) is 5.56 Å². The molecule has 0 aromatic heterocycles. The highest BCUT2D eigenvalue weighted by molar-refractivity contribution is 7.99. The second-order valence-corrected chi connectivity index (χ2v) is 6.77. The van der Waals surface area contributed by atoms with E-state index in [0.29, 0.717) is 27.0 Å². The summed E-state index contributed by atoms with van der Waals surface area (Å²) in [4.78, 5) is 23.7. The number of rotatable bonds is 6. The van der Waals surface area contributed by atoms with Crippen LogP contribution in [0.5, 0.6) is 0 Å². The Bertz CT molecular complexity index is 736. The summed E-state index contributed by atoms with van der Waals surface area (Å²) in [6.07, 6.45) is 0. The van der Waals surface area contributed by atoms with Gasteiger partial charge in [0.1, 0.15) is 0 Å². The van der Waals surface area contributed by atoms with Gasteiger partial charge in [0.15, 0.2) is 0 Å². The Morgan fingerprint density at radius 2 is 1.79 bits per heavy atom. The SMILES string of the molecule is CNC(=O)c1ccc(Cl)c(NC(=O)CSCc2ccc(Cl)cc2)c1. The molecule has 0 fully saturated rings. The lowest BCUT2D eigenvalue weighted by molar-refractivity contribution is -0.113. The van der Waals surface area contributed by atoms with Crippen LogP contribution in [0.25, 0.3) is 0 Å². The fourth-order valence-electron chi connectivity index (χ4n) is 1.94. The van der Waals surface area contributed by atoms with Crippen LogP contribution in [0.1, 0.15) is 15.9 Å². The third-order valence-electron chi connectivity index (χ3n) is 3.14. The van der Waals surface area contributed by atoms with Gasteiger partial charge >= 0.3 is 0 Å². The summed E-state index contributed by atoms with van der Waals surface area (Å²) in [6.45, 7) is 0. The van der Waals surface area contributed by atoms with Crippen molar-refractivity contribution in [3.8, 4) is 0 Å². The molecule has 4 nitrogen and oxygen atoms in total. The topological polar surface area (TPSA) is 58.2 Å². The Balaban J connectivity index is 1.90. The van der Waals surface area contributed by atoms with Crippen molar-refractivity contribution in [2.45, 2.75) is 5.75 Å². The van der Waals surface area contributed by atoms with Gasteiger partial charge in [-0.1, -0.05) is 35.3 Å². The smallest absolute Gasteiger partial charge is 0.251 e. The molecule has 126 valence electrons. The van der Waals surface area contributed by atoms with Gasteiger partial charge in [-0.2, -0.15) is 0 Å². The molecule has 0 aliphatic rings. The number of benzene rings is 2. The van der Waals surface area contributed by atoms with Gasteiger partial charge in [0.05, 0.1) is 16.5 Å². The number of carbonyl (C=O) groups is 2. The highest BCUT2D eigenvalue weighted by Crippen LogP contribution is 2.23. The van der Waals surface area contributed by atoms with E-state index in [4.69, 9.17) is 23.2 Å². The van der Waals surface area contributed by atoms with E-state index in [1.54, 1.807) is 25.2 Å². The molecule has 0 saturated carbocycles. The summed E-state index contributed by atoms with van der Waals surface area (Å²) in [5.74, 6) is 0.573. The first-order valence-electron chi connectivity index (χ1n) is 7.13. The lowest BCUT2D eigenvalue weighted by atomic mass is 10.2. The number of anilines is 1. The average molecular weight is 383 g/mol. The predicted octanol–water partition coefficient (Wildman–Crippen LogP) is 4.22. The van der Waals surface area contributed by atoms with Crippen LogP contribution in [0, 0.1) is 0 Å². The van der Waals surface area contributed by atoms with Crippen molar-refractivity contribution in [1.29, 1.82) is 0 Å². The number of hydrogen-bond donors (Lipinski definition) is 2. The minimum absolute atomic E-state index is 0.176. The Labute approximate surface area is 154 Å². The van der Waals surface area contributed by atoms with Gasteiger partial charge in [-0.05, 0) is 35.9 Å². The molecule has 0 atom stereocenters. The fourth-order valence-corrected chi connectivity index (χ4v) is 3.01. The third-order valence-corrected chi connectivity index (χ3v) is 4.73. The van der Waals surface area contributed by atoms with Crippen molar-refractivity contribution in [1.82, 2.24) is 5.32 Å². The first-order valence-corrected chi connectivity index (χ1v) is 9.04. The molecule has 0 radical (unpaired) electrons. The monoisotopic (exact) mass is 382 g/mol. The first kappa shape index (κ1) is 18.6. The molecular weight excluding hydrogens is 367 g/mol. The summed E-state index contributed by atoms with van der Waals surface area (Å²) in [5.41, 5.74) is 1.96. The zero-order chi connectivity index (χ0) is 17.5. The van der Waals surface area contributed by atoms with Gasteiger partial charge < -0.3 is 10.6 Å². The molecule has 2 amide bonds. The van der Waals surface area contributed by atoms with Gasteiger partial charge in [-0.15, -0.1) is 11.8 Å². The molecule has 0 aliphatic heterocycles. The molecule has 24 heavy (non-hydrogen) atoms. The fraction of sp³-hybridized carbons (Fsp3) is 0.176. The standard InChI is InChI=1S/C17H16Cl2N2O2S/c1-20-17(23)12-4-7-14(19)15(8-12)21-16(22)10-24-9-11-2-5-13(18)6-3-11/h2-8H,9-10H2,1H3,(H,20,23)(H,21,22). The van der Waals surface area contributed by atoms with Gasteiger partial charge in [-0.25, -0.2) is 0 Å². The highest BCUT2D eigenvalue weighted by atomic mass is 35.5. The maximum absolute atomic E-state index is 12.0. The van der Waals surface area contributed by atoms with E-state index in [2.05, 4.69) is 10.6 Å². The van der Waals surface area contributed by atoms with Crippen LogP contribution in [-0.4, -0.2) is 24.6 Å². The lowest BCUT2D eigenvalue weighted by Crippen LogP contribution is -2.19. The van der Waals surface area contributed by atoms with Crippen molar-refractivity contribution < 1.29 is 9.59 Å². The molecule has 2 aromatic rings. The van der Waals surface area contributed by atoms with Crippen molar-refractivity contribution >= 4 is 52.5 Å². The van der Waals surface area contributed by atoms with Gasteiger partial charge in [0.2, 0.25) is 5.91 Å². The summed E-state index contributed by atoms with van der Waals surface area (Å²) < 4.78 is 0. The van der Waals surface area contributed by atoms with Crippen molar-refractivity contribution in [3.05, 3.63) is 63.6 Å². The number of thioether (sulfide) groups is 1. The van der Waals surface area contributed by atoms with E-state index < -0.39 is 0 Å². The zero-order valence-electron chi connectivity index (χ0n) is 12.9. The van der Waals surface area contributed by atoms with E-state index in [9.17, 15) is 9.59 Å². The van der Waals surface area contributed by atoms with Crippen LogP contribution in [0.3, 0.4) is 0 Å². The molecular formula is C17H16Cl2N2O2S. The highest BCUT2D eigenvalue weighted by Gasteiger charge is 2.10. The molecule has 2 aromatic carbocycles. The summed E-state index contributed by atoms with van der Waals surface area (Å²) in [6, 6.07) is 12.2. The summed E-state index contributed by atoms with van der Waals surface area (Å²) in [7, 11) is 1.54. The van der Waals surface area contributed by atoms with Crippen LogP contribution < -0.4 is 10.6 Å². The minimum atomic E-state index is -0.237. The molecule has 0 aliphatic carbocycles. The number of carbonyl (C=O) groups excluding carboxylic acids is 2. The Morgan fingerprint density at radius 1 is 1.08 bits per heavy atom. The minimum Gasteiger partial charge on any atom is -0.355 e. The van der Waals surface area contributed by atoms with Gasteiger partial charge in [0.25, 0.3) is 5.91 Å². The summed E-state index contributed by atoms with van der Waals surface area (Å²) in [5, 5.41) is 6.34. The Morgan fingerprint density at radius 3 is 2.46 bits per heavy atom. The van der Waals surface area contributed by atoms with E-state index in [-0.39, 0.29) is 17.6 Å². The van der Waals surface area contributed by atoms with Crippen molar-refractivity contribution in [2.75, 3.05) is 18.1 Å². The van der Waals surface area contributed by atoms with E-state index in [1.807, 2.05) is 24.3 Å². The van der Waals surface area contributed by atoms with Crippen molar-refractivity contribution in [3.63, 3.8) is 0 Å². The van der Waals surface area contributed by atoms with Crippen molar-refractivity contribution in [2.24, 2.45) is 0 Å². The number of nitrogens with one attached hydrogen (secondary N) is 2. The van der Waals surface area contributed by atoms with Crippen LogP contribution in [0.2, 0.25) is 10.0 Å². The van der Waals surface area contributed by atoms with Crippen LogP contribution >= 0.6 is 35.0 Å². The number of amides is 2. The van der Waals surface area contributed by atoms with E-state index in [1.165, 1.54) is 11.8 Å². The number of halogens is 2. The van der Waals surface area contributed by atoms with Gasteiger partial charge in [0, 0.05) is 23.4 Å². The second kappa shape index (κ2) is 8.97.